The highest BCUT2D eigenvalue weighted by Gasteiger charge is 2.16. The largest absolute Gasteiger partial charge is 0.504 e. The Labute approximate surface area is 116 Å². The van der Waals surface area contributed by atoms with E-state index in [-0.39, 0.29) is 11.5 Å². The molecule has 2 aromatic rings. The molecule has 0 spiro atoms. The Balaban J connectivity index is 2.05. The summed E-state index contributed by atoms with van der Waals surface area (Å²) in [6, 6.07) is 4.11. The first-order valence-electron chi connectivity index (χ1n) is 6.19. The minimum atomic E-state index is -0.456. The molecule has 4 N–H and O–H groups in total. The van der Waals surface area contributed by atoms with Crippen molar-refractivity contribution in [3.05, 3.63) is 35.5 Å². The fourth-order valence-corrected chi connectivity index (χ4v) is 1.80. The first-order chi connectivity index (χ1) is 9.45. The summed E-state index contributed by atoms with van der Waals surface area (Å²) in [4.78, 5) is 6.16. The number of benzene rings is 1. The van der Waals surface area contributed by atoms with E-state index in [2.05, 4.69) is 10.1 Å². The highest BCUT2D eigenvalue weighted by atomic mass is 16.5. The molecule has 0 aliphatic rings. The van der Waals surface area contributed by atoms with Crippen molar-refractivity contribution in [2.24, 2.45) is 5.73 Å². The van der Waals surface area contributed by atoms with Gasteiger partial charge in [-0.2, -0.15) is 4.98 Å². The van der Waals surface area contributed by atoms with Gasteiger partial charge in [0.05, 0.1) is 12.6 Å². The van der Waals surface area contributed by atoms with Crippen LogP contribution < -0.4 is 5.73 Å². The van der Waals surface area contributed by atoms with Gasteiger partial charge in [0.15, 0.2) is 17.3 Å². The van der Waals surface area contributed by atoms with Gasteiger partial charge in [0.1, 0.15) is 0 Å². The van der Waals surface area contributed by atoms with Gasteiger partial charge in [-0.25, -0.2) is 0 Å². The highest BCUT2D eigenvalue weighted by Crippen LogP contribution is 2.26. The lowest BCUT2D eigenvalue weighted by atomic mass is 10.1. The molecule has 0 saturated heterocycles. The Bertz CT molecular complexity index is 583. The molecule has 0 saturated carbocycles. The van der Waals surface area contributed by atoms with Crippen LogP contribution in [0.4, 0.5) is 0 Å². The summed E-state index contributed by atoms with van der Waals surface area (Å²) in [6.07, 6.45) is 0.428. The van der Waals surface area contributed by atoms with E-state index in [1.807, 2.05) is 19.0 Å². The predicted molar refractivity (Wildman–Crippen MR) is 72.1 cm³/mol. The van der Waals surface area contributed by atoms with Crippen molar-refractivity contribution in [2.75, 3.05) is 14.1 Å². The van der Waals surface area contributed by atoms with E-state index in [0.717, 1.165) is 5.56 Å². The number of aromatic hydroxyl groups is 2. The van der Waals surface area contributed by atoms with Crippen LogP contribution in [0.15, 0.2) is 22.7 Å². The molecule has 0 radical (unpaired) electrons. The topological polar surface area (TPSA) is 109 Å². The number of phenols is 2. The van der Waals surface area contributed by atoms with Gasteiger partial charge in [-0.3, -0.25) is 0 Å². The molecule has 108 valence electrons. The molecule has 2 rings (SSSR count). The van der Waals surface area contributed by atoms with Crippen molar-refractivity contribution in [3.63, 3.8) is 0 Å². The van der Waals surface area contributed by atoms with Gasteiger partial charge in [-0.15, -0.1) is 0 Å². The molecule has 7 nitrogen and oxygen atoms in total. The van der Waals surface area contributed by atoms with Crippen LogP contribution in [0.1, 0.15) is 23.3 Å². The second-order valence-corrected chi connectivity index (χ2v) is 4.92. The first kappa shape index (κ1) is 14.3. The normalized spacial score (nSPS) is 12.8. The van der Waals surface area contributed by atoms with Gasteiger partial charge in [-0.1, -0.05) is 11.2 Å². The van der Waals surface area contributed by atoms with Crippen LogP contribution >= 0.6 is 0 Å². The summed E-state index contributed by atoms with van der Waals surface area (Å²) in [5, 5.41) is 22.5. The van der Waals surface area contributed by atoms with Gasteiger partial charge >= 0.3 is 0 Å². The summed E-state index contributed by atoms with van der Waals surface area (Å²) in [7, 11) is 3.82. The smallest absolute Gasteiger partial charge is 0.243 e. The molecular formula is C13H18N4O3. The monoisotopic (exact) mass is 278 g/mol. The molecule has 20 heavy (non-hydrogen) atoms. The van der Waals surface area contributed by atoms with Crippen molar-refractivity contribution < 1.29 is 14.7 Å². The average Bonchev–Trinajstić information content (AvgIpc) is 2.81. The Morgan fingerprint density at radius 1 is 1.30 bits per heavy atom. The molecule has 1 unspecified atom stereocenters. The van der Waals surface area contributed by atoms with E-state index in [9.17, 15) is 10.2 Å². The average molecular weight is 278 g/mol. The Morgan fingerprint density at radius 3 is 2.70 bits per heavy atom. The minimum absolute atomic E-state index is 0.159. The van der Waals surface area contributed by atoms with E-state index < -0.39 is 6.04 Å². The third kappa shape index (κ3) is 3.46. The second-order valence-electron chi connectivity index (χ2n) is 4.92. The molecule has 7 heteroatoms. The highest BCUT2D eigenvalue weighted by molar-refractivity contribution is 5.40. The predicted octanol–water partition coefficient (Wildman–Crippen LogP) is 0.785. The zero-order valence-corrected chi connectivity index (χ0v) is 11.4. The van der Waals surface area contributed by atoms with Crippen molar-refractivity contribution >= 4 is 0 Å². The van der Waals surface area contributed by atoms with E-state index in [4.69, 9.17) is 10.3 Å². The first-order valence-corrected chi connectivity index (χ1v) is 6.19. The number of hydrogen-bond acceptors (Lipinski definition) is 7. The molecule has 1 heterocycles. The van der Waals surface area contributed by atoms with Crippen LogP contribution in [-0.2, 0) is 13.0 Å². The molecule has 1 aromatic heterocycles. The maximum Gasteiger partial charge on any atom is 0.243 e. The summed E-state index contributed by atoms with van der Waals surface area (Å²) in [5.41, 5.74) is 6.78. The van der Waals surface area contributed by atoms with Gasteiger partial charge in [-0.05, 0) is 38.2 Å². The van der Waals surface area contributed by atoms with Crippen LogP contribution in [0, 0.1) is 0 Å². The number of phenolic OH excluding ortho intramolecular Hbond substituents is 2. The summed E-state index contributed by atoms with van der Waals surface area (Å²) in [5.74, 6) is 0.602. The molecule has 1 aromatic carbocycles. The fourth-order valence-electron chi connectivity index (χ4n) is 1.80. The number of aromatic nitrogens is 2. The van der Waals surface area contributed by atoms with Crippen molar-refractivity contribution in [1.82, 2.24) is 15.0 Å². The molecule has 0 bridgehead atoms. The van der Waals surface area contributed by atoms with Gasteiger partial charge in [0.25, 0.3) is 0 Å². The SMILES string of the molecule is CN(C)Cc1noc(C(N)Cc2ccc(O)c(O)c2)n1. The van der Waals surface area contributed by atoms with Gasteiger partial charge < -0.3 is 25.4 Å². The van der Waals surface area contributed by atoms with Crippen molar-refractivity contribution in [1.29, 1.82) is 0 Å². The molecule has 1 atom stereocenters. The number of nitrogens with zero attached hydrogens (tertiary/aromatic N) is 3. The second kappa shape index (κ2) is 5.89. The van der Waals surface area contributed by atoms with Crippen LogP contribution in [-0.4, -0.2) is 39.3 Å². The van der Waals surface area contributed by atoms with Crippen LogP contribution in [0.3, 0.4) is 0 Å². The van der Waals surface area contributed by atoms with E-state index in [1.54, 1.807) is 6.07 Å². The molecule has 0 aliphatic heterocycles. The quantitative estimate of drug-likeness (QED) is 0.693. The third-order valence-corrected chi connectivity index (χ3v) is 2.75. The van der Waals surface area contributed by atoms with Crippen LogP contribution in [0.5, 0.6) is 11.5 Å². The Morgan fingerprint density at radius 2 is 2.05 bits per heavy atom. The van der Waals surface area contributed by atoms with E-state index >= 15 is 0 Å². The zero-order chi connectivity index (χ0) is 14.7. The van der Waals surface area contributed by atoms with Crippen molar-refractivity contribution in [2.45, 2.75) is 19.0 Å². The lowest BCUT2D eigenvalue weighted by Gasteiger charge is -2.08. The van der Waals surface area contributed by atoms with Crippen LogP contribution in [0.25, 0.3) is 0 Å². The van der Waals surface area contributed by atoms with Gasteiger partial charge in [0.2, 0.25) is 5.89 Å². The lowest BCUT2D eigenvalue weighted by Crippen LogP contribution is -2.15. The molecular weight excluding hydrogens is 260 g/mol. The van der Waals surface area contributed by atoms with Crippen molar-refractivity contribution in [3.8, 4) is 11.5 Å². The summed E-state index contributed by atoms with van der Waals surface area (Å²) >= 11 is 0. The Kier molecular flexibility index (Phi) is 4.21. The number of nitrogens with two attached hydrogens (primary N) is 1. The van der Waals surface area contributed by atoms with Gasteiger partial charge in [0, 0.05) is 0 Å². The third-order valence-electron chi connectivity index (χ3n) is 2.75. The number of hydrogen-bond donors (Lipinski definition) is 3. The van der Waals surface area contributed by atoms with E-state index in [1.165, 1.54) is 12.1 Å². The van der Waals surface area contributed by atoms with Crippen LogP contribution in [0.2, 0.25) is 0 Å². The minimum Gasteiger partial charge on any atom is -0.504 e. The molecule has 0 fully saturated rings. The van der Waals surface area contributed by atoms with E-state index in [0.29, 0.717) is 24.7 Å². The standard InChI is InChI=1S/C13H18N4O3/c1-17(2)7-12-15-13(20-16-12)9(14)5-8-3-4-10(18)11(19)6-8/h3-4,6,9,18-19H,5,7,14H2,1-2H3. The summed E-state index contributed by atoms with van der Waals surface area (Å²) in [6.45, 7) is 0.580. The maximum absolute atomic E-state index is 9.44. The molecule has 0 amide bonds. The number of rotatable bonds is 5. The zero-order valence-electron chi connectivity index (χ0n) is 11.4. The lowest BCUT2D eigenvalue weighted by molar-refractivity contribution is 0.336. The Hall–Kier alpha value is -2.12. The fraction of sp³-hybridized carbons (Fsp3) is 0.385. The molecule has 0 aliphatic carbocycles. The summed E-state index contributed by atoms with van der Waals surface area (Å²) < 4.78 is 5.13. The maximum atomic E-state index is 9.44.